The van der Waals surface area contributed by atoms with Crippen LogP contribution >= 0.6 is 0 Å². The van der Waals surface area contributed by atoms with Crippen molar-refractivity contribution in [3.63, 3.8) is 0 Å². The third-order valence-electron chi connectivity index (χ3n) is 3.60. The van der Waals surface area contributed by atoms with Crippen LogP contribution in [0.2, 0.25) is 0 Å². The molecule has 12 heavy (non-hydrogen) atoms. The predicted molar refractivity (Wildman–Crippen MR) is 47.8 cm³/mol. The highest BCUT2D eigenvalue weighted by atomic mass is 16.3. The first kappa shape index (κ1) is 9.72. The van der Waals surface area contributed by atoms with Crippen molar-refractivity contribution >= 4 is 6.29 Å². The van der Waals surface area contributed by atoms with Gasteiger partial charge in [-0.05, 0) is 23.7 Å². The van der Waals surface area contributed by atoms with Gasteiger partial charge >= 0.3 is 0 Å². The van der Waals surface area contributed by atoms with Crippen LogP contribution in [0.15, 0.2) is 0 Å². The van der Waals surface area contributed by atoms with Crippen LogP contribution in [0.3, 0.4) is 0 Å². The summed E-state index contributed by atoms with van der Waals surface area (Å²) < 4.78 is 0. The fraction of sp³-hybridized carbons (Fsp3) is 0.900. The summed E-state index contributed by atoms with van der Waals surface area (Å²) >= 11 is 0. The van der Waals surface area contributed by atoms with Crippen molar-refractivity contribution in [1.82, 2.24) is 0 Å². The quantitative estimate of drug-likeness (QED) is 0.641. The van der Waals surface area contributed by atoms with E-state index in [4.69, 9.17) is 0 Å². The van der Waals surface area contributed by atoms with E-state index in [1.54, 1.807) is 0 Å². The van der Waals surface area contributed by atoms with Gasteiger partial charge in [0.25, 0.3) is 0 Å². The predicted octanol–water partition coefficient (Wildman–Crippen LogP) is 1.76. The Labute approximate surface area is 74.0 Å². The van der Waals surface area contributed by atoms with Crippen LogP contribution in [0.5, 0.6) is 0 Å². The highest BCUT2D eigenvalue weighted by Crippen LogP contribution is 2.53. The Morgan fingerprint density at radius 2 is 2.00 bits per heavy atom. The van der Waals surface area contributed by atoms with E-state index in [0.29, 0.717) is 6.42 Å². The first-order valence-electron chi connectivity index (χ1n) is 4.53. The second-order valence-corrected chi connectivity index (χ2v) is 4.88. The molecule has 0 heterocycles. The van der Waals surface area contributed by atoms with E-state index in [9.17, 15) is 9.90 Å². The van der Waals surface area contributed by atoms with Crippen molar-refractivity contribution in [3.8, 4) is 0 Å². The van der Waals surface area contributed by atoms with Gasteiger partial charge in [0.2, 0.25) is 0 Å². The maximum Gasteiger partial charge on any atom is 0.120 e. The summed E-state index contributed by atoms with van der Waals surface area (Å²) in [6.07, 6.45) is 2.90. The third-order valence-corrected chi connectivity index (χ3v) is 3.60. The lowest BCUT2D eigenvalue weighted by molar-refractivity contribution is -0.111. The molecule has 1 aliphatic carbocycles. The molecule has 2 atom stereocenters. The Bertz CT molecular complexity index is 186. The molecule has 2 nitrogen and oxygen atoms in total. The number of carbonyl (C=O) groups excluding carboxylic acids is 1. The lowest BCUT2D eigenvalue weighted by atomic mass is 9.68. The zero-order valence-electron chi connectivity index (χ0n) is 8.13. The van der Waals surface area contributed by atoms with E-state index in [1.165, 1.54) is 0 Å². The molecule has 1 saturated carbocycles. The third kappa shape index (κ3) is 1.40. The minimum atomic E-state index is -0.218. The first-order valence-corrected chi connectivity index (χ1v) is 4.53. The van der Waals surface area contributed by atoms with Gasteiger partial charge < -0.3 is 9.90 Å². The van der Waals surface area contributed by atoms with Crippen LogP contribution in [0.4, 0.5) is 0 Å². The number of carbonyl (C=O) groups is 1. The molecule has 0 radical (unpaired) electrons. The maximum atomic E-state index is 10.5. The molecular formula is C10H18O2. The molecule has 0 aromatic rings. The molecule has 1 rings (SSSR count). The normalized spacial score (nSPS) is 39.8. The van der Waals surface area contributed by atoms with Gasteiger partial charge in [0.15, 0.2) is 0 Å². The minimum absolute atomic E-state index is 0.00579. The van der Waals surface area contributed by atoms with E-state index in [-0.39, 0.29) is 16.9 Å². The molecule has 0 unspecified atom stereocenters. The van der Waals surface area contributed by atoms with Crippen LogP contribution in [0, 0.1) is 10.8 Å². The Morgan fingerprint density at radius 3 is 2.33 bits per heavy atom. The molecule has 0 spiro atoms. The van der Waals surface area contributed by atoms with Gasteiger partial charge in [0.05, 0.1) is 6.10 Å². The van der Waals surface area contributed by atoms with Crippen LogP contribution in [0.1, 0.15) is 40.0 Å². The molecule has 0 amide bonds. The molecule has 0 bridgehead atoms. The van der Waals surface area contributed by atoms with Crippen molar-refractivity contribution < 1.29 is 9.90 Å². The molecule has 1 N–H and O–H groups in total. The van der Waals surface area contributed by atoms with Crippen LogP contribution in [0.25, 0.3) is 0 Å². The lowest BCUT2D eigenvalue weighted by Crippen LogP contribution is -2.29. The molecule has 0 aromatic carbocycles. The van der Waals surface area contributed by atoms with Gasteiger partial charge in [-0.1, -0.05) is 20.8 Å². The second-order valence-electron chi connectivity index (χ2n) is 4.88. The van der Waals surface area contributed by atoms with Gasteiger partial charge in [-0.2, -0.15) is 0 Å². The van der Waals surface area contributed by atoms with E-state index in [0.717, 1.165) is 19.1 Å². The second kappa shape index (κ2) is 2.84. The summed E-state index contributed by atoms with van der Waals surface area (Å²) in [6.45, 7) is 6.36. The monoisotopic (exact) mass is 170 g/mol. The Hall–Kier alpha value is -0.370. The van der Waals surface area contributed by atoms with Crippen LogP contribution in [-0.2, 0) is 4.79 Å². The number of aliphatic hydroxyl groups is 1. The maximum absolute atomic E-state index is 10.5. The average Bonchev–Trinajstić information content (AvgIpc) is 2.02. The summed E-state index contributed by atoms with van der Waals surface area (Å²) in [5.41, 5.74) is 0.0848. The molecular weight excluding hydrogens is 152 g/mol. The smallest absolute Gasteiger partial charge is 0.120 e. The topological polar surface area (TPSA) is 37.3 Å². The number of hydrogen-bond acceptors (Lipinski definition) is 2. The zero-order valence-corrected chi connectivity index (χ0v) is 8.13. The van der Waals surface area contributed by atoms with Crippen molar-refractivity contribution in [3.05, 3.63) is 0 Å². The molecule has 70 valence electrons. The van der Waals surface area contributed by atoms with Gasteiger partial charge in [-0.3, -0.25) is 0 Å². The molecule has 2 heteroatoms. The zero-order chi connectivity index (χ0) is 9.41. The van der Waals surface area contributed by atoms with Gasteiger partial charge in [0, 0.05) is 6.42 Å². The van der Waals surface area contributed by atoms with Crippen molar-refractivity contribution in [2.45, 2.75) is 46.1 Å². The van der Waals surface area contributed by atoms with Crippen molar-refractivity contribution in [2.75, 3.05) is 0 Å². The number of rotatable bonds is 2. The summed E-state index contributed by atoms with van der Waals surface area (Å²) in [4.78, 5) is 10.5. The van der Waals surface area contributed by atoms with Crippen molar-refractivity contribution in [1.29, 1.82) is 0 Å². The Balaban J connectivity index is 2.81. The highest BCUT2D eigenvalue weighted by Gasteiger charge is 2.48. The molecule has 0 aliphatic heterocycles. The number of aldehydes is 1. The largest absolute Gasteiger partial charge is 0.393 e. The summed E-state index contributed by atoms with van der Waals surface area (Å²) in [6, 6.07) is 0. The first-order chi connectivity index (χ1) is 5.41. The minimum Gasteiger partial charge on any atom is -0.393 e. The molecule has 1 aliphatic rings. The average molecular weight is 170 g/mol. The fourth-order valence-electron chi connectivity index (χ4n) is 2.25. The van der Waals surface area contributed by atoms with E-state index in [2.05, 4.69) is 20.8 Å². The Morgan fingerprint density at radius 1 is 1.42 bits per heavy atom. The Kier molecular flexibility index (Phi) is 2.30. The summed E-state index contributed by atoms with van der Waals surface area (Å²) in [5.74, 6) is 0. The van der Waals surface area contributed by atoms with E-state index >= 15 is 0 Å². The SMILES string of the molecule is CC1(C)C[C@@H](O)C[C@]1(C)CC=O. The van der Waals surface area contributed by atoms with Gasteiger partial charge in [-0.15, -0.1) is 0 Å². The highest BCUT2D eigenvalue weighted by molar-refractivity contribution is 5.51. The van der Waals surface area contributed by atoms with Crippen molar-refractivity contribution in [2.24, 2.45) is 10.8 Å². The van der Waals surface area contributed by atoms with Crippen LogP contribution in [-0.4, -0.2) is 17.5 Å². The fourth-order valence-corrected chi connectivity index (χ4v) is 2.25. The molecule has 0 aromatic heterocycles. The van der Waals surface area contributed by atoms with Crippen LogP contribution < -0.4 is 0 Å². The number of hydrogen-bond donors (Lipinski definition) is 1. The summed E-state index contributed by atoms with van der Waals surface area (Å²) in [5, 5.41) is 9.51. The van der Waals surface area contributed by atoms with E-state index < -0.39 is 0 Å². The van der Waals surface area contributed by atoms with E-state index in [1.807, 2.05) is 0 Å². The standard InChI is InChI=1S/C10H18O2/c1-9(2)6-8(12)7-10(9,3)4-5-11/h5,8,12H,4,6-7H2,1-3H3/t8-,10+/m1/s1. The molecule has 1 fully saturated rings. The summed E-state index contributed by atoms with van der Waals surface area (Å²) in [7, 11) is 0. The molecule has 0 saturated heterocycles. The number of aliphatic hydroxyl groups excluding tert-OH is 1. The lowest BCUT2D eigenvalue weighted by Gasteiger charge is -2.36. The van der Waals surface area contributed by atoms with Gasteiger partial charge in [0.1, 0.15) is 6.29 Å². The van der Waals surface area contributed by atoms with Gasteiger partial charge in [-0.25, -0.2) is 0 Å².